The minimum atomic E-state index is -0.279. The van der Waals surface area contributed by atoms with Gasteiger partial charge in [0.25, 0.3) is 0 Å². The summed E-state index contributed by atoms with van der Waals surface area (Å²) in [6.45, 7) is 0. The van der Waals surface area contributed by atoms with E-state index in [1.165, 1.54) is 12.1 Å². The Morgan fingerprint density at radius 3 is 2.70 bits per heavy atom. The molecule has 0 spiro atoms. The van der Waals surface area contributed by atoms with Crippen LogP contribution in [-0.2, 0) is 0 Å². The molecular formula is C17H10FNO. The van der Waals surface area contributed by atoms with E-state index in [2.05, 4.69) is 5.16 Å². The van der Waals surface area contributed by atoms with Crippen molar-refractivity contribution in [3.8, 4) is 11.3 Å². The van der Waals surface area contributed by atoms with Gasteiger partial charge in [-0.3, -0.25) is 0 Å². The first-order valence-corrected chi connectivity index (χ1v) is 6.36. The Morgan fingerprint density at radius 1 is 0.900 bits per heavy atom. The van der Waals surface area contributed by atoms with Gasteiger partial charge in [0, 0.05) is 5.56 Å². The van der Waals surface area contributed by atoms with Crippen LogP contribution in [0.4, 0.5) is 4.39 Å². The predicted octanol–water partition coefficient (Wildman–Crippen LogP) is 4.79. The molecule has 3 aromatic carbocycles. The molecule has 0 fully saturated rings. The summed E-state index contributed by atoms with van der Waals surface area (Å²) in [5, 5.41) is 7.21. The second kappa shape index (κ2) is 4.17. The Hall–Kier alpha value is -2.68. The summed E-state index contributed by atoms with van der Waals surface area (Å²) in [5.74, 6) is -0.279. The molecule has 0 unspecified atom stereocenters. The van der Waals surface area contributed by atoms with Gasteiger partial charge >= 0.3 is 0 Å². The highest BCUT2D eigenvalue weighted by Gasteiger charge is 2.13. The number of hydrogen-bond donors (Lipinski definition) is 0. The standard InChI is InChI=1S/C17H10FNO/c18-13-6-3-5-12(10-13)17-16-14-7-2-1-4-11(14)8-9-15(16)20-19-17/h1-10H. The van der Waals surface area contributed by atoms with Crippen LogP contribution in [0.5, 0.6) is 0 Å². The first-order valence-electron chi connectivity index (χ1n) is 6.36. The van der Waals surface area contributed by atoms with E-state index in [-0.39, 0.29) is 5.82 Å². The zero-order valence-corrected chi connectivity index (χ0v) is 10.5. The Morgan fingerprint density at radius 2 is 1.80 bits per heavy atom. The number of fused-ring (bicyclic) bond motifs is 3. The van der Waals surface area contributed by atoms with Crippen molar-refractivity contribution in [1.29, 1.82) is 0 Å². The maximum Gasteiger partial charge on any atom is 0.168 e. The van der Waals surface area contributed by atoms with Crippen molar-refractivity contribution in [3.05, 3.63) is 66.5 Å². The summed E-state index contributed by atoms with van der Waals surface area (Å²) in [6, 6.07) is 18.3. The van der Waals surface area contributed by atoms with Crippen molar-refractivity contribution in [2.75, 3.05) is 0 Å². The quantitative estimate of drug-likeness (QED) is 0.493. The van der Waals surface area contributed by atoms with E-state index in [9.17, 15) is 4.39 Å². The van der Waals surface area contributed by atoms with Crippen LogP contribution in [0.15, 0.2) is 65.2 Å². The van der Waals surface area contributed by atoms with E-state index in [4.69, 9.17) is 4.52 Å². The molecule has 2 nitrogen and oxygen atoms in total. The monoisotopic (exact) mass is 263 g/mol. The molecule has 96 valence electrons. The van der Waals surface area contributed by atoms with E-state index in [1.807, 2.05) is 42.5 Å². The third-order valence-electron chi connectivity index (χ3n) is 3.46. The van der Waals surface area contributed by atoms with Gasteiger partial charge in [0.2, 0.25) is 0 Å². The molecule has 0 saturated carbocycles. The third-order valence-corrected chi connectivity index (χ3v) is 3.46. The molecule has 0 aliphatic rings. The van der Waals surface area contributed by atoms with Gasteiger partial charge in [-0.1, -0.05) is 47.6 Å². The largest absolute Gasteiger partial charge is 0.356 e. The molecule has 1 aromatic heterocycles. The molecule has 1 heterocycles. The van der Waals surface area contributed by atoms with Gasteiger partial charge in [-0.2, -0.15) is 0 Å². The summed E-state index contributed by atoms with van der Waals surface area (Å²) >= 11 is 0. The van der Waals surface area contributed by atoms with Crippen LogP contribution in [-0.4, -0.2) is 5.16 Å². The van der Waals surface area contributed by atoms with Gasteiger partial charge in [0.05, 0.1) is 5.39 Å². The van der Waals surface area contributed by atoms with Crippen LogP contribution in [0.2, 0.25) is 0 Å². The predicted molar refractivity (Wildman–Crippen MR) is 76.9 cm³/mol. The number of nitrogens with zero attached hydrogens (tertiary/aromatic N) is 1. The van der Waals surface area contributed by atoms with E-state index in [0.29, 0.717) is 11.3 Å². The zero-order chi connectivity index (χ0) is 13.5. The molecule has 4 aromatic rings. The Labute approximate surface area is 114 Å². The average molecular weight is 263 g/mol. The summed E-state index contributed by atoms with van der Waals surface area (Å²) in [6.07, 6.45) is 0. The minimum absolute atomic E-state index is 0.279. The Balaban J connectivity index is 2.12. The van der Waals surface area contributed by atoms with E-state index in [0.717, 1.165) is 21.7 Å². The SMILES string of the molecule is Fc1cccc(-c2noc3ccc4ccccc4c23)c1. The van der Waals surface area contributed by atoms with Crippen molar-refractivity contribution in [1.82, 2.24) is 5.16 Å². The topological polar surface area (TPSA) is 26.0 Å². The second-order valence-electron chi connectivity index (χ2n) is 4.70. The molecule has 0 bridgehead atoms. The van der Waals surface area contributed by atoms with Gasteiger partial charge in [-0.25, -0.2) is 4.39 Å². The van der Waals surface area contributed by atoms with Crippen molar-refractivity contribution in [2.24, 2.45) is 0 Å². The molecule has 0 amide bonds. The zero-order valence-electron chi connectivity index (χ0n) is 10.5. The Kier molecular flexibility index (Phi) is 2.33. The number of aromatic nitrogens is 1. The highest BCUT2D eigenvalue weighted by Crippen LogP contribution is 2.33. The Bertz CT molecular complexity index is 926. The van der Waals surface area contributed by atoms with Gasteiger partial charge in [0.1, 0.15) is 11.5 Å². The summed E-state index contributed by atoms with van der Waals surface area (Å²) in [5.41, 5.74) is 2.11. The van der Waals surface area contributed by atoms with Crippen molar-refractivity contribution < 1.29 is 8.91 Å². The van der Waals surface area contributed by atoms with E-state index in [1.54, 1.807) is 6.07 Å². The number of benzene rings is 3. The first kappa shape index (κ1) is 11.2. The molecule has 0 aliphatic heterocycles. The normalized spacial score (nSPS) is 11.2. The van der Waals surface area contributed by atoms with Crippen LogP contribution >= 0.6 is 0 Å². The van der Waals surface area contributed by atoms with Gasteiger partial charge in [-0.15, -0.1) is 0 Å². The van der Waals surface area contributed by atoms with E-state index >= 15 is 0 Å². The van der Waals surface area contributed by atoms with Crippen LogP contribution < -0.4 is 0 Å². The lowest BCUT2D eigenvalue weighted by molar-refractivity contribution is 0.459. The first-order chi connectivity index (χ1) is 9.83. The van der Waals surface area contributed by atoms with Gasteiger partial charge in [-0.05, 0) is 29.0 Å². The lowest BCUT2D eigenvalue weighted by atomic mass is 10.0. The number of hydrogen-bond acceptors (Lipinski definition) is 2. The maximum absolute atomic E-state index is 13.4. The lowest BCUT2D eigenvalue weighted by Gasteiger charge is -2.01. The second-order valence-corrected chi connectivity index (χ2v) is 4.70. The van der Waals surface area contributed by atoms with Gasteiger partial charge < -0.3 is 4.52 Å². The molecule has 4 rings (SSSR count). The fourth-order valence-electron chi connectivity index (χ4n) is 2.55. The number of rotatable bonds is 1. The number of halogens is 1. The van der Waals surface area contributed by atoms with E-state index < -0.39 is 0 Å². The van der Waals surface area contributed by atoms with Crippen LogP contribution in [0.1, 0.15) is 0 Å². The van der Waals surface area contributed by atoms with Gasteiger partial charge in [0.15, 0.2) is 5.58 Å². The van der Waals surface area contributed by atoms with Crippen LogP contribution in [0.25, 0.3) is 33.0 Å². The smallest absolute Gasteiger partial charge is 0.168 e. The molecule has 3 heteroatoms. The highest BCUT2D eigenvalue weighted by molar-refractivity contribution is 6.11. The average Bonchev–Trinajstić information content (AvgIpc) is 2.91. The van der Waals surface area contributed by atoms with Crippen molar-refractivity contribution in [2.45, 2.75) is 0 Å². The fourth-order valence-corrected chi connectivity index (χ4v) is 2.55. The fraction of sp³-hybridized carbons (Fsp3) is 0. The molecule has 0 atom stereocenters. The molecule has 0 radical (unpaired) electrons. The maximum atomic E-state index is 13.4. The van der Waals surface area contributed by atoms with Crippen molar-refractivity contribution in [3.63, 3.8) is 0 Å². The summed E-state index contributed by atoms with van der Waals surface area (Å²) in [4.78, 5) is 0. The van der Waals surface area contributed by atoms with Crippen LogP contribution in [0.3, 0.4) is 0 Å². The molecule has 20 heavy (non-hydrogen) atoms. The lowest BCUT2D eigenvalue weighted by Crippen LogP contribution is -1.81. The minimum Gasteiger partial charge on any atom is -0.356 e. The molecule has 0 aliphatic carbocycles. The summed E-state index contributed by atoms with van der Waals surface area (Å²) < 4.78 is 18.8. The molecular weight excluding hydrogens is 253 g/mol. The highest BCUT2D eigenvalue weighted by atomic mass is 19.1. The van der Waals surface area contributed by atoms with Crippen LogP contribution in [0, 0.1) is 5.82 Å². The van der Waals surface area contributed by atoms with Crippen molar-refractivity contribution >= 4 is 21.7 Å². The third kappa shape index (κ3) is 1.60. The summed E-state index contributed by atoms with van der Waals surface area (Å²) in [7, 11) is 0. The molecule has 0 N–H and O–H groups in total. The molecule has 0 saturated heterocycles.